The summed E-state index contributed by atoms with van der Waals surface area (Å²) in [6.07, 6.45) is 5.95. The first-order valence-electron chi connectivity index (χ1n) is 6.68. The molecule has 0 spiro atoms. The number of likely N-dealkylation sites (N-methyl/N-ethyl adjacent to an activating group) is 1. The van der Waals surface area contributed by atoms with Gasteiger partial charge in [0.15, 0.2) is 0 Å². The van der Waals surface area contributed by atoms with E-state index in [-0.39, 0.29) is 5.60 Å². The molecule has 0 aromatic heterocycles. The van der Waals surface area contributed by atoms with E-state index in [0.29, 0.717) is 13.2 Å². The van der Waals surface area contributed by atoms with Gasteiger partial charge in [-0.25, -0.2) is 0 Å². The standard InChI is InChI=1S/C13H27NO3/c1-14-12-13(6-3-4-7-13)17-9-5-8-16-11-10-15-2/h14H,3-12H2,1-2H3. The largest absolute Gasteiger partial charge is 0.382 e. The molecule has 0 atom stereocenters. The Hall–Kier alpha value is -0.160. The van der Waals surface area contributed by atoms with Gasteiger partial charge < -0.3 is 19.5 Å². The second-order valence-corrected chi connectivity index (χ2v) is 4.73. The monoisotopic (exact) mass is 245 g/mol. The fourth-order valence-electron chi connectivity index (χ4n) is 2.41. The Bertz CT molecular complexity index is 182. The molecule has 17 heavy (non-hydrogen) atoms. The molecule has 1 N–H and O–H groups in total. The summed E-state index contributed by atoms with van der Waals surface area (Å²) in [6.45, 7) is 3.88. The van der Waals surface area contributed by atoms with Crippen LogP contribution in [0.25, 0.3) is 0 Å². The summed E-state index contributed by atoms with van der Waals surface area (Å²) in [4.78, 5) is 0. The van der Waals surface area contributed by atoms with Crippen LogP contribution in [-0.4, -0.2) is 52.7 Å². The molecule has 1 aliphatic rings. The fourth-order valence-corrected chi connectivity index (χ4v) is 2.41. The van der Waals surface area contributed by atoms with E-state index < -0.39 is 0 Å². The zero-order valence-electron chi connectivity index (χ0n) is 11.3. The molecule has 4 heteroatoms. The summed E-state index contributed by atoms with van der Waals surface area (Å²) in [5.74, 6) is 0. The normalized spacial score (nSPS) is 18.7. The van der Waals surface area contributed by atoms with Crippen molar-refractivity contribution in [3.8, 4) is 0 Å². The van der Waals surface area contributed by atoms with E-state index in [1.54, 1.807) is 7.11 Å². The fraction of sp³-hybridized carbons (Fsp3) is 1.00. The molecule has 0 aromatic rings. The number of hydrogen-bond donors (Lipinski definition) is 1. The summed E-state index contributed by atoms with van der Waals surface area (Å²) < 4.78 is 16.4. The van der Waals surface area contributed by atoms with Crippen LogP contribution in [0, 0.1) is 0 Å². The van der Waals surface area contributed by atoms with Crippen LogP contribution >= 0.6 is 0 Å². The van der Waals surface area contributed by atoms with Crippen molar-refractivity contribution < 1.29 is 14.2 Å². The van der Waals surface area contributed by atoms with Gasteiger partial charge in [-0.3, -0.25) is 0 Å². The van der Waals surface area contributed by atoms with Crippen molar-refractivity contribution in [3.63, 3.8) is 0 Å². The second-order valence-electron chi connectivity index (χ2n) is 4.73. The van der Waals surface area contributed by atoms with Crippen LogP contribution in [0.3, 0.4) is 0 Å². The lowest BCUT2D eigenvalue weighted by Gasteiger charge is -2.29. The molecule has 0 saturated heterocycles. The van der Waals surface area contributed by atoms with Gasteiger partial charge in [0, 0.05) is 26.9 Å². The Morgan fingerprint density at radius 1 is 1.06 bits per heavy atom. The van der Waals surface area contributed by atoms with E-state index in [4.69, 9.17) is 14.2 Å². The average molecular weight is 245 g/mol. The first-order chi connectivity index (χ1) is 8.33. The molecule has 0 amide bonds. The van der Waals surface area contributed by atoms with Crippen molar-refractivity contribution in [2.75, 3.05) is 47.1 Å². The lowest BCUT2D eigenvalue weighted by atomic mass is 10.0. The highest BCUT2D eigenvalue weighted by molar-refractivity contribution is 4.88. The molecule has 0 heterocycles. The molecule has 1 aliphatic carbocycles. The number of rotatable bonds is 10. The molecule has 102 valence electrons. The minimum absolute atomic E-state index is 0.0985. The van der Waals surface area contributed by atoms with Gasteiger partial charge in [0.25, 0.3) is 0 Å². The zero-order chi connectivity index (χ0) is 12.4. The average Bonchev–Trinajstić information content (AvgIpc) is 2.77. The van der Waals surface area contributed by atoms with Gasteiger partial charge >= 0.3 is 0 Å². The van der Waals surface area contributed by atoms with Crippen molar-refractivity contribution in [3.05, 3.63) is 0 Å². The van der Waals surface area contributed by atoms with Crippen molar-refractivity contribution in [1.82, 2.24) is 5.32 Å². The predicted octanol–water partition coefficient (Wildman–Crippen LogP) is 1.59. The maximum absolute atomic E-state index is 6.06. The maximum atomic E-state index is 6.06. The Morgan fingerprint density at radius 2 is 1.82 bits per heavy atom. The van der Waals surface area contributed by atoms with Gasteiger partial charge in [0.1, 0.15) is 0 Å². The van der Waals surface area contributed by atoms with E-state index in [0.717, 1.165) is 26.2 Å². The van der Waals surface area contributed by atoms with Gasteiger partial charge in [-0.15, -0.1) is 0 Å². The number of nitrogens with one attached hydrogen (secondary N) is 1. The molecule has 0 aromatic carbocycles. The van der Waals surface area contributed by atoms with Crippen LogP contribution in [0.5, 0.6) is 0 Å². The van der Waals surface area contributed by atoms with Crippen LogP contribution < -0.4 is 5.32 Å². The van der Waals surface area contributed by atoms with Gasteiger partial charge in [-0.05, 0) is 26.3 Å². The lowest BCUT2D eigenvalue weighted by Crippen LogP contribution is -2.39. The van der Waals surface area contributed by atoms with Crippen molar-refractivity contribution in [2.45, 2.75) is 37.7 Å². The SMILES string of the molecule is CNCC1(OCCCOCCOC)CCCC1. The first kappa shape index (κ1) is 14.9. The highest BCUT2D eigenvalue weighted by Gasteiger charge is 2.33. The van der Waals surface area contributed by atoms with Crippen LogP contribution in [0.4, 0.5) is 0 Å². The van der Waals surface area contributed by atoms with Gasteiger partial charge in [-0.1, -0.05) is 12.8 Å². The van der Waals surface area contributed by atoms with Crippen LogP contribution in [0.2, 0.25) is 0 Å². The number of hydrogen-bond acceptors (Lipinski definition) is 4. The van der Waals surface area contributed by atoms with Crippen LogP contribution in [0.1, 0.15) is 32.1 Å². The highest BCUT2D eigenvalue weighted by Crippen LogP contribution is 2.32. The third-order valence-electron chi connectivity index (χ3n) is 3.29. The van der Waals surface area contributed by atoms with Crippen LogP contribution in [-0.2, 0) is 14.2 Å². The summed E-state index contributed by atoms with van der Waals surface area (Å²) in [5, 5.41) is 3.25. The van der Waals surface area contributed by atoms with Crippen LogP contribution in [0.15, 0.2) is 0 Å². The van der Waals surface area contributed by atoms with Gasteiger partial charge in [0.2, 0.25) is 0 Å². The summed E-state index contributed by atoms with van der Waals surface area (Å²) in [5.41, 5.74) is 0.0985. The topological polar surface area (TPSA) is 39.7 Å². The minimum atomic E-state index is 0.0985. The lowest BCUT2D eigenvalue weighted by molar-refractivity contribution is -0.0470. The number of methoxy groups -OCH3 is 1. The highest BCUT2D eigenvalue weighted by atomic mass is 16.5. The molecule has 0 radical (unpaired) electrons. The molecule has 1 rings (SSSR count). The summed E-state index contributed by atoms with van der Waals surface area (Å²) in [6, 6.07) is 0. The van der Waals surface area contributed by atoms with Crippen molar-refractivity contribution in [1.29, 1.82) is 0 Å². The quantitative estimate of drug-likeness (QED) is 0.593. The Labute approximate surface area is 105 Å². The molecule has 0 bridgehead atoms. The molecule has 0 unspecified atom stereocenters. The Morgan fingerprint density at radius 3 is 2.47 bits per heavy atom. The molecule has 4 nitrogen and oxygen atoms in total. The summed E-state index contributed by atoms with van der Waals surface area (Å²) in [7, 11) is 3.69. The van der Waals surface area contributed by atoms with E-state index >= 15 is 0 Å². The second kappa shape index (κ2) is 8.86. The third-order valence-corrected chi connectivity index (χ3v) is 3.29. The molecular weight excluding hydrogens is 218 g/mol. The van der Waals surface area contributed by atoms with Crippen molar-refractivity contribution in [2.24, 2.45) is 0 Å². The van der Waals surface area contributed by atoms with E-state index in [2.05, 4.69) is 5.32 Å². The van der Waals surface area contributed by atoms with Gasteiger partial charge in [-0.2, -0.15) is 0 Å². The molecular formula is C13H27NO3. The van der Waals surface area contributed by atoms with Gasteiger partial charge in [0.05, 0.1) is 18.8 Å². The predicted molar refractivity (Wildman–Crippen MR) is 68.4 cm³/mol. The molecule has 1 saturated carbocycles. The van der Waals surface area contributed by atoms with Crippen molar-refractivity contribution >= 4 is 0 Å². The Balaban J connectivity index is 2.03. The van der Waals surface area contributed by atoms with E-state index in [1.807, 2.05) is 7.05 Å². The first-order valence-corrected chi connectivity index (χ1v) is 6.68. The smallest absolute Gasteiger partial charge is 0.0806 e. The molecule has 0 aliphatic heterocycles. The van der Waals surface area contributed by atoms with E-state index in [1.165, 1.54) is 25.7 Å². The van der Waals surface area contributed by atoms with E-state index in [9.17, 15) is 0 Å². The molecule has 1 fully saturated rings. The minimum Gasteiger partial charge on any atom is -0.382 e. The zero-order valence-corrected chi connectivity index (χ0v) is 11.3. The number of ether oxygens (including phenoxy) is 3. The third kappa shape index (κ3) is 5.82. The maximum Gasteiger partial charge on any atom is 0.0806 e. The summed E-state index contributed by atoms with van der Waals surface area (Å²) >= 11 is 0. The Kier molecular flexibility index (Phi) is 7.77.